The van der Waals surface area contributed by atoms with Crippen molar-refractivity contribution in [3.63, 3.8) is 0 Å². The van der Waals surface area contributed by atoms with Crippen LogP contribution in [0.15, 0.2) is 29.1 Å². The van der Waals surface area contributed by atoms with E-state index in [1.54, 1.807) is 12.1 Å². The Labute approximate surface area is 101 Å². The van der Waals surface area contributed by atoms with Gasteiger partial charge in [0.15, 0.2) is 5.65 Å². The van der Waals surface area contributed by atoms with E-state index in [0.29, 0.717) is 16.9 Å². The number of hydrogen-bond donors (Lipinski definition) is 3. The minimum atomic E-state index is -0.283. The maximum atomic E-state index is 11.2. The Morgan fingerprint density at radius 2 is 2.11 bits per heavy atom. The minimum Gasteiger partial charge on any atom is -0.326 e. The molecule has 0 bridgehead atoms. The van der Waals surface area contributed by atoms with Crippen molar-refractivity contribution in [1.29, 1.82) is 0 Å². The number of imidazole rings is 1. The molecule has 0 fully saturated rings. The number of pyridine rings is 1. The van der Waals surface area contributed by atoms with Gasteiger partial charge in [0, 0.05) is 18.0 Å². The number of H-pyrrole nitrogens is 2. The SMILES string of the molecule is CC(=O)Nc1ccc2nc3[nH]c(=O)[nH]c3cc2c1. The molecule has 0 aliphatic carbocycles. The molecule has 6 heteroatoms. The molecule has 1 aromatic carbocycles. The topological polar surface area (TPSA) is 90.6 Å². The largest absolute Gasteiger partial charge is 0.326 e. The maximum Gasteiger partial charge on any atom is 0.325 e. The van der Waals surface area contributed by atoms with Gasteiger partial charge in [-0.25, -0.2) is 9.78 Å². The van der Waals surface area contributed by atoms with Gasteiger partial charge in [-0.1, -0.05) is 0 Å². The summed E-state index contributed by atoms with van der Waals surface area (Å²) in [6.07, 6.45) is 0. The van der Waals surface area contributed by atoms with Gasteiger partial charge in [0.05, 0.1) is 11.0 Å². The van der Waals surface area contributed by atoms with Crippen molar-refractivity contribution >= 4 is 33.7 Å². The second kappa shape index (κ2) is 3.69. The van der Waals surface area contributed by atoms with Crippen molar-refractivity contribution in [1.82, 2.24) is 15.0 Å². The van der Waals surface area contributed by atoms with Crippen molar-refractivity contribution in [2.45, 2.75) is 6.92 Å². The summed E-state index contributed by atoms with van der Waals surface area (Å²) in [5, 5.41) is 3.55. The first kappa shape index (κ1) is 10.5. The number of aromatic amines is 2. The Morgan fingerprint density at radius 3 is 2.89 bits per heavy atom. The fourth-order valence-corrected chi connectivity index (χ4v) is 1.91. The zero-order valence-corrected chi connectivity index (χ0v) is 9.57. The molecule has 2 aromatic heterocycles. The smallest absolute Gasteiger partial charge is 0.325 e. The number of hydrogen-bond acceptors (Lipinski definition) is 3. The van der Waals surface area contributed by atoms with Crippen LogP contribution in [0.1, 0.15) is 6.92 Å². The van der Waals surface area contributed by atoms with Crippen LogP contribution in [0.5, 0.6) is 0 Å². The van der Waals surface area contributed by atoms with E-state index in [-0.39, 0.29) is 11.6 Å². The van der Waals surface area contributed by atoms with Gasteiger partial charge in [-0.05, 0) is 24.3 Å². The molecule has 2 heterocycles. The van der Waals surface area contributed by atoms with E-state index in [4.69, 9.17) is 0 Å². The average Bonchev–Trinajstić information content (AvgIpc) is 2.64. The van der Waals surface area contributed by atoms with E-state index in [1.165, 1.54) is 6.92 Å². The van der Waals surface area contributed by atoms with Crippen molar-refractivity contribution in [3.8, 4) is 0 Å². The van der Waals surface area contributed by atoms with Crippen LogP contribution in [0.2, 0.25) is 0 Å². The molecule has 3 N–H and O–H groups in total. The summed E-state index contributed by atoms with van der Waals surface area (Å²) in [5.74, 6) is -0.126. The molecule has 0 aliphatic rings. The summed E-state index contributed by atoms with van der Waals surface area (Å²) in [5.41, 5.74) is 2.35. The third-order valence-electron chi connectivity index (χ3n) is 2.62. The van der Waals surface area contributed by atoms with Gasteiger partial charge in [0.2, 0.25) is 5.91 Å². The normalized spacial score (nSPS) is 10.9. The number of nitrogens with zero attached hydrogens (tertiary/aromatic N) is 1. The summed E-state index contributed by atoms with van der Waals surface area (Å²) >= 11 is 0. The molecule has 1 amide bonds. The maximum absolute atomic E-state index is 11.2. The van der Waals surface area contributed by atoms with E-state index in [1.807, 2.05) is 12.1 Å². The van der Waals surface area contributed by atoms with Crippen molar-refractivity contribution < 1.29 is 4.79 Å². The lowest BCUT2D eigenvalue weighted by atomic mass is 10.2. The highest BCUT2D eigenvalue weighted by Crippen LogP contribution is 2.20. The Bertz CT molecular complexity index is 816. The zero-order chi connectivity index (χ0) is 12.7. The molecule has 0 saturated carbocycles. The molecule has 0 atom stereocenters. The number of fused-ring (bicyclic) bond motifs is 2. The zero-order valence-electron chi connectivity index (χ0n) is 9.57. The summed E-state index contributed by atoms with van der Waals surface area (Å²) in [6, 6.07) is 7.20. The average molecular weight is 242 g/mol. The number of anilines is 1. The number of benzene rings is 1. The van der Waals surface area contributed by atoms with E-state index in [9.17, 15) is 9.59 Å². The van der Waals surface area contributed by atoms with Crippen LogP contribution in [-0.2, 0) is 4.79 Å². The van der Waals surface area contributed by atoms with Gasteiger partial charge >= 0.3 is 5.69 Å². The van der Waals surface area contributed by atoms with Crippen LogP contribution in [0.25, 0.3) is 22.1 Å². The van der Waals surface area contributed by atoms with Crippen molar-refractivity contribution in [3.05, 3.63) is 34.7 Å². The summed E-state index contributed by atoms with van der Waals surface area (Å²) < 4.78 is 0. The first-order valence-electron chi connectivity index (χ1n) is 5.42. The monoisotopic (exact) mass is 242 g/mol. The van der Waals surface area contributed by atoms with E-state index >= 15 is 0 Å². The standard InChI is InChI=1S/C12H10N4O2/c1-6(17)13-8-2-3-9-7(4-8)5-10-11(14-9)16-12(18)15-10/h2-5H,1H3,(H,13,17)(H2,14,15,16,18). The van der Waals surface area contributed by atoms with Crippen LogP contribution in [0.3, 0.4) is 0 Å². The molecule has 0 saturated heterocycles. The first-order chi connectivity index (χ1) is 8.61. The Hall–Kier alpha value is -2.63. The lowest BCUT2D eigenvalue weighted by molar-refractivity contribution is -0.114. The van der Waals surface area contributed by atoms with Crippen LogP contribution >= 0.6 is 0 Å². The Morgan fingerprint density at radius 1 is 1.28 bits per heavy atom. The van der Waals surface area contributed by atoms with E-state index in [2.05, 4.69) is 20.3 Å². The summed E-state index contributed by atoms with van der Waals surface area (Å²) in [4.78, 5) is 31.7. The van der Waals surface area contributed by atoms with Gasteiger partial charge in [-0.15, -0.1) is 0 Å². The van der Waals surface area contributed by atoms with Gasteiger partial charge in [0.25, 0.3) is 0 Å². The third-order valence-corrected chi connectivity index (χ3v) is 2.62. The van der Waals surface area contributed by atoms with Gasteiger partial charge in [-0.3, -0.25) is 9.78 Å². The van der Waals surface area contributed by atoms with Crippen LogP contribution in [0, 0.1) is 0 Å². The molecule has 3 aromatic rings. The fourth-order valence-electron chi connectivity index (χ4n) is 1.91. The van der Waals surface area contributed by atoms with Crippen LogP contribution in [0.4, 0.5) is 5.69 Å². The van der Waals surface area contributed by atoms with Gasteiger partial charge in [0.1, 0.15) is 0 Å². The van der Waals surface area contributed by atoms with Crippen molar-refractivity contribution in [2.24, 2.45) is 0 Å². The second-order valence-electron chi connectivity index (χ2n) is 4.05. The number of carbonyl (C=O) groups excluding carboxylic acids is 1. The molecule has 90 valence electrons. The second-order valence-corrected chi connectivity index (χ2v) is 4.05. The van der Waals surface area contributed by atoms with Gasteiger partial charge < -0.3 is 10.3 Å². The van der Waals surface area contributed by atoms with E-state index in [0.717, 1.165) is 10.9 Å². The highest BCUT2D eigenvalue weighted by molar-refractivity contribution is 5.95. The molecule has 3 rings (SSSR count). The number of carbonyl (C=O) groups is 1. The fraction of sp³-hybridized carbons (Fsp3) is 0.0833. The number of rotatable bonds is 1. The van der Waals surface area contributed by atoms with Crippen LogP contribution in [-0.4, -0.2) is 20.9 Å². The predicted molar refractivity (Wildman–Crippen MR) is 68.5 cm³/mol. The Kier molecular flexibility index (Phi) is 2.16. The highest BCUT2D eigenvalue weighted by atomic mass is 16.1. The molecule has 0 unspecified atom stereocenters. The van der Waals surface area contributed by atoms with Gasteiger partial charge in [-0.2, -0.15) is 0 Å². The molecule has 0 aliphatic heterocycles. The van der Waals surface area contributed by atoms with Crippen LogP contribution < -0.4 is 11.0 Å². The number of nitrogens with one attached hydrogen (secondary N) is 3. The summed E-state index contributed by atoms with van der Waals surface area (Å²) in [6.45, 7) is 1.45. The first-order valence-corrected chi connectivity index (χ1v) is 5.42. The minimum absolute atomic E-state index is 0.126. The van der Waals surface area contributed by atoms with E-state index < -0.39 is 0 Å². The number of amides is 1. The molecule has 18 heavy (non-hydrogen) atoms. The highest BCUT2D eigenvalue weighted by Gasteiger charge is 2.04. The molecular weight excluding hydrogens is 232 g/mol. The molecule has 0 spiro atoms. The molecule has 6 nitrogen and oxygen atoms in total. The lowest BCUT2D eigenvalue weighted by Crippen LogP contribution is -2.05. The third kappa shape index (κ3) is 1.73. The summed E-state index contributed by atoms with van der Waals surface area (Å²) in [7, 11) is 0. The molecule has 0 radical (unpaired) electrons. The van der Waals surface area contributed by atoms with Crippen molar-refractivity contribution in [2.75, 3.05) is 5.32 Å². The quantitative estimate of drug-likeness (QED) is 0.601. The Balaban J connectivity index is 2.23. The lowest BCUT2D eigenvalue weighted by Gasteiger charge is -2.03. The molecular formula is C12H10N4O2. The predicted octanol–water partition coefficient (Wildman–Crippen LogP) is 1.36. The number of aromatic nitrogens is 3.